The lowest BCUT2D eigenvalue weighted by Gasteiger charge is -2.08. The smallest absolute Gasteiger partial charge is 0.327 e. The molecule has 1 heterocycles. The van der Waals surface area contributed by atoms with E-state index < -0.39 is 17.7 Å². The van der Waals surface area contributed by atoms with Crippen LogP contribution in [0.2, 0.25) is 0 Å². The molecule has 1 aromatic heterocycles. The van der Waals surface area contributed by atoms with Crippen LogP contribution in [0.4, 0.5) is 0 Å². The maximum absolute atomic E-state index is 11.9. The van der Waals surface area contributed by atoms with Gasteiger partial charge < -0.3 is 9.73 Å². The van der Waals surface area contributed by atoms with Crippen LogP contribution in [0.5, 0.6) is 0 Å². The molecular formula is C19H17N3O4S. The molecule has 0 saturated carbocycles. The van der Waals surface area contributed by atoms with E-state index in [4.69, 9.17) is 4.42 Å². The van der Waals surface area contributed by atoms with Crippen molar-refractivity contribution in [1.82, 2.24) is 16.2 Å². The average Bonchev–Trinajstić information content (AvgIpc) is 3.22. The Bertz CT molecular complexity index is 957. The summed E-state index contributed by atoms with van der Waals surface area (Å²) in [6.07, 6.45) is 1.47. The lowest BCUT2D eigenvalue weighted by Crippen LogP contribution is -2.48. The predicted molar refractivity (Wildman–Crippen MR) is 102 cm³/mol. The number of nitrogens with one attached hydrogen (secondary N) is 3. The van der Waals surface area contributed by atoms with E-state index in [1.807, 2.05) is 42.5 Å². The van der Waals surface area contributed by atoms with Gasteiger partial charge in [0.05, 0.1) is 18.6 Å². The van der Waals surface area contributed by atoms with Crippen molar-refractivity contribution in [2.75, 3.05) is 5.75 Å². The third-order valence-corrected chi connectivity index (χ3v) is 4.61. The standard InChI is InChI=1S/C19H17N3O4S/c23-17(12-27-16-8-7-13-4-1-2-5-14(13)10-16)21-22-19(25)18(24)20-11-15-6-3-9-26-15/h1-10H,11-12H2,(H,20,24)(H,21,23)(H,22,25). The van der Waals surface area contributed by atoms with Crippen molar-refractivity contribution < 1.29 is 18.8 Å². The van der Waals surface area contributed by atoms with Crippen molar-refractivity contribution in [3.05, 3.63) is 66.6 Å². The number of rotatable bonds is 5. The van der Waals surface area contributed by atoms with E-state index in [0.29, 0.717) is 5.76 Å². The Labute approximate surface area is 159 Å². The molecular weight excluding hydrogens is 366 g/mol. The molecule has 0 radical (unpaired) electrons. The van der Waals surface area contributed by atoms with Crippen molar-refractivity contribution >= 4 is 40.3 Å². The highest BCUT2D eigenvalue weighted by Crippen LogP contribution is 2.23. The molecule has 3 amide bonds. The monoisotopic (exact) mass is 383 g/mol. The van der Waals surface area contributed by atoms with Gasteiger partial charge in [-0.2, -0.15) is 0 Å². The van der Waals surface area contributed by atoms with Gasteiger partial charge in [-0.1, -0.05) is 30.3 Å². The van der Waals surface area contributed by atoms with Crippen molar-refractivity contribution in [2.45, 2.75) is 11.4 Å². The number of carbonyl (C=O) groups excluding carboxylic acids is 3. The van der Waals surface area contributed by atoms with Gasteiger partial charge in [0.2, 0.25) is 5.91 Å². The number of hydrazine groups is 1. The summed E-state index contributed by atoms with van der Waals surface area (Å²) in [5, 5.41) is 4.59. The number of thioether (sulfide) groups is 1. The normalized spacial score (nSPS) is 10.4. The largest absolute Gasteiger partial charge is 0.467 e. The maximum atomic E-state index is 11.9. The lowest BCUT2D eigenvalue weighted by molar-refractivity contribution is -0.140. The SMILES string of the molecule is O=C(CSc1ccc2ccccc2c1)NNC(=O)C(=O)NCc1ccco1. The minimum Gasteiger partial charge on any atom is -0.467 e. The molecule has 0 spiro atoms. The van der Waals surface area contributed by atoms with Gasteiger partial charge in [0, 0.05) is 4.90 Å². The molecule has 2 aromatic carbocycles. The van der Waals surface area contributed by atoms with Crippen LogP contribution in [-0.2, 0) is 20.9 Å². The molecule has 0 aliphatic rings. The highest BCUT2D eigenvalue weighted by Gasteiger charge is 2.14. The average molecular weight is 383 g/mol. The molecule has 8 heteroatoms. The van der Waals surface area contributed by atoms with E-state index >= 15 is 0 Å². The molecule has 3 aromatic rings. The van der Waals surface area contributed by atoms with Gasteiger partial charge in [0.15, 0.2) is 0 Å². The minimum absolute atomic E-state index is 0.0883. The molecule has 138 valence electrons. The molecule has 0 unspecified atom stereocenters. The second-order valence-electron chi connectivity index (χ2n) is 5.56. The third kappa shape index (κ3) is 5.35. The number of fused-ring (bicyclic) bond motifs is 1. The van der Waals surface area contributed by atoms with Gasteiger partial charge in [-0.3, -0.25) is 25.2 Å². The van der Waals surface area contributed by atoms with E-state index in [2.05, 4.69) is 16.2 Å². The fourth-order valence-corrected chi connectivity index (χ4v) is 3.03. The molecule has 3 N–H and O–H groups in total. The van der Waals surface area contributed by atoms with Crippen LogP contribution in [0.25, 0.3) is 10.8 Å². The predicted octanol–water partition coefficient (Wildman–Crippen LogP) is 1.99. The van der Waals surface area contributed by atoms with Gasteiger partial charge in [0.1, 0.15) is 5.76 Å². The zero-order valence-electron chi connectivity index (χ0n) is 14.2. The van der Waals surface area contributed by atoms with Crippen molar-refractivity contribution in [3.63, 3.8) is 0 Å². The van der Waals surface area contributed by atoms with Crippen molar-refractivity contribution in [1.29, 1.82) is 0 Å². The molecule has 27 heavy (non-hydrogen) atoms. The summed E-state index contributed by atoms with van der Waals surface area (Å²) in [4.78, 5) is 36.1. The first kappa shape index (κ1) is 18.5. The number of benzene rings is 2. The highest BCUT2D eigenvalue weighted by molar-refractivity contribution is 8.00. The summed E-state index contributed by atoms with van der Waals surface area (Å²) < 4.78 is 5.04. The van der Waals surface area contributed by atoms with Crippen molar-refractivity contribution in [3.8, 4) is 0 Å². The quantitative estimate of drug-likeness (QED) is 0.355. The van der Waals surface area contributed by atoms with Crippen molar-refractivity contribution in [2.24, 2.45) is 0 Å². The summed E-state index contributed by atoms with van der Waals surface area (Å²) in [5.74, 6) is -1.61. The molecule has 0 aliphatic carbocycles. The zero-order chi connectivity index (χ0) is 19.1. The van der Waals surface area contributed by atoms with Gasteiger partial charge in [-0.15, -0.1) is 11.8 Å². The Hall–Kier alpha value is -3.26. The summed E-state index contributed by atoms with van der Waals surface area (Å²) in [6, 6.07) is 17.2. The maximum Gasteiger partial charge on any atom is 0.327 e. The Kier molecular flexibility index (Phi) is 6.11. The first-order valence-electron chi connectivity index (χ1n) is 8.13. The Balaban J connectivity index is 1.40. The van der Waals surface area contributed by atoms with Crippen LogP contribution in [0, 0.1) is 0 Å². The number of amides is 3. The van der Waals surface area contributed by atoms with Crippen LogP contribution in [0.15, 0.2) is 70.2 Å². The third-order valence-electron chi connectivity index (χ3n) is 3.62. The molecule has 0 bridgehead atoms. The van der Waals surface area contributed by atoms with E-state index in [1.54, 1.807) is 12.1 Å². The van der Waals surface area contributed by atoms with Crippen LogP contribution < -0.4 is 16.2 Å². The summed E-state index contributed by atoms with van der Waals surface area (Å²) in [6.45, 7) is 0.0883. The molecule has 0 saturated heterocycles. The first-order chi connectivity index (χ1) is 13.1. The minimum atomic E-state index is -0.953. The molecule has 0 aliphatic heterocycles. The molecule has 3 rings (SSSR count). The van der Waals surface area contributed by atoms with E-state index in [1.165, 1.54) is 18.0 Å². The Morgan fingerprint density at radius 1 is 0.889 bits per heavy atom. The van der Waals surface area contributed by atoms with Gasteiger partial charge in [0.25, 0.3) is 0 Å². The molecule has 7 nitrogen and oxygen atoms in total. The highest BCUT2D eigenvalue weighted by atomic mass is 32.2. The molecule has 0 fully saturated rings. The van der Waals surface area contributed by atoms with Gasteiger partial charge in [-0.25, -0.2) is 0 Å². The van der Waals surface area contributed by atoms with Crippen LogP contribution >= 0.6 is 11.8 Å². The Morgan fingerprint density at radius 2 is 1.70 bits per heavy atom. The fourth-order valence-electron chi connectivity index (χ4n) is 2.29. The first-order valence-corrected chi connectivity index (χ1v) is 9.11. The van der Waals surface area contributed by atoms with E-state index in [9.17, 15) is 14.4 Å². The van der Waals surface area contributed by atoms with Gasteiger partial charge in [-0.05, 0) is 35.0 Å². The van der Waals surface area contributed by atoms with E-state index in [0.717, 1.165) is 15.7 Å². The Morgan fingerprint density at radius 3 is 2.48 bits per heavy atom. The number of carbonyl (C=O) groups is 3. The summed E-state index contributed by atoms with van der Waals surface area (Å²) in [7, 11) is 0. The number of hydrogen-bond acceptors (Lipinski definition) is 5. The number of furan rings is 1. The van der Waals surface area contributed by atoms with Crippen LogP contribution in [0.3, 0.4) is 0 Å². The summed E-state index contributed by atoms with van der Waals surface area (Å²) >= 11 is 1.34. The van der Waals surface area contributed by atoms with Gasteiger partial charge >= 0.3 is 11.8 Å². The van der Waals surface area contributed by atoms with E-state index in [-0.39, 0.29) is 12.3 Å². The van der Waals surface area contributed by atoms with Crippen LogP contribution in [-0.4, -0.2) is 23.5 Å². The second kappa shape index (κ2) is 8.91. The second-order valence-corrected chi connectivity index (χ2v) is 6.61. The fraction of sp³-hybridized carbons (Fsp3) is 0.105. The number of hydrogen-bond donors (Lipinski definition) is 3. The summed E-state index contributed by atoms with van der Waals surface area (Å²) in [5.41, 5.74) is 4.30. The topological polar surface area (TPSA) is 100 Å². The molecule has 0 atom stereocenters. The zero-order valence-corrected chi connectivity index (χ0v) is 15.0. The van der Waals surface area contributed by atoms with Crippen LogP contribution in [0.1, 0.15) is 5.76 Å². The lowest BCUT2D eigenvalue weighted by atomic mass is 10.1.